The molecular formula is C85H130ClF3N16O16. The van der Waals surface area contributed by atoms with E-state index in [4.69, 9.17) is 16.3 Å². The molecule has 121 heavy (non-hydrogen) atoms. The fourth-order valence-electron chi connectivity index (χ4n) is 14.1. The summed E-state index contributed by atoms with van der Waals surface area (Å²) < 4.78 is 46.0. The van der Waals surface area contributed by atoms with E-state index in [1.54, 1.807) is 41.5 Å². The van der Waals surface area contributed by atoms with Gasteiger partial charge in [0.1, 0.15) is 77.6 Å². The van der Waals surface area contributed by atoms with Gasteiger partial charge in [0.15, 0.2) is 0 Å². The molecule has 674 valence electrons. The lowest BCUT2D eigenvalue weighted by molar-refractivity contribution is -0.157. The van der Waals surface area contributed by atoms with Crippen LogP contribution in [0.2, 0.25) is 5.02 Å². The lowest BCUT2D eigenvalue weighted by Gasteiger charge is -2.41. The van der Waals surface area contributed by atoms with Gasteiger partial charge in [-0.3, -0.25) is 67.3 Å². The molecule has 2 aromatic carbocycles. The number of halogens is 4. The Morgan fingerprint density at radius 1 is 0.545 bits per heavy atom. The van der Waals surface area contributed by atoms with Crippen molar-refractivity contribution in [3.63, 3.8) is 0 Å². The van der Waals surface area contributed by atoms with Crippen molar-refractivity contribution in [3.8, 4) is 11.5 Å². The summed E-state index contributed by atoms with van der Waals surface area (Å²) in [6.45, 7) is 26.9. The molecule has 1 aliphatic rings. The van der Waals surface area contributed by atoms with E-state index in [2.05, 4.69) is 47.5 Å². The molecule has 3 aromatic rings. The SMILES string of the molecule is CC[C@@H]1NC(=O)[C@H]([C@H](O)[C@H](C)CCCC(=O)NCCNC(=O)c2cc(Oc3ccc(NC(=O)Nc4ccc(Cl)c(C(F)(F)F)c4)cc3)ccn2)N(C)C(=O)[C@H](C(C)C)N(C)C(=O)[C@H](CC(C)C)N(C)C(=O)[C@H](CC(C)C)N(C)C(=O)[C@@H](C)NC(=O)[C@H](C)NC(=O)[C@H](CC(C)C)N(C)C(=O)[C@H](C(C)C)NC(=O)[C@H](CCC(C)C)N(C)C(=O)CN(C)C1=O. The van der Waals surface area contributed by atoms with E-state index in [1.165, 1.54) is 136 Å². The molecule has 9 N–H and O–H groups in total. The zero-order valence-electron chi connectivity index (χ0n) is 74.3. The van der Waals surface area contributed by atoms with Crippen molar-refractivity contribution in [1.29, 1.82) is 0 Å². The van der Waals surface area contributed by atoms with E-state index in [1.807, 2.05) is 55.4 Å². The number of aliphatic hydroxyl groups is 1. The normalized spacial score (nSPS) is 22.2. The number of benzene rings is 2. The highest BCUT2D eigenvalue weighted by Gasteiger charge is 2.46. The maximum Gasteiger partial charge on any atom is 0.417 e. The Kier molecular flexibility index (Phi) is 40.3. The molecule has 2 heterocycles. The number of nitrogens with one attached hydrogen (secondary N) is 8. The number of ether oxygens (including phenoxy) is 1. The zero-order valence-corrected chi connectivity index (χ0v) is 75.1. The molecule has 0 saturated carbocycles. The Labute approximate surface area is 714 Å². The number of likely N-dealkylation sites (N-methyl/N-ethyl adjacent to an activating group) is 7. The van der Waals surface area contributed by atoms with Crippen LogP contribution in [0.15, 0.2) is 60.8 Å². The van der Waals surface area contributed by atoms with Crippen LogP contribution in [0.25, 0.3) is 0 Å². The Bertz CT molecular complexity index is 4080. The third kappa shape index (κ3) is 30.4. The number of alkyl halides is 3. The number of anilines is 2. The summed E-state index contributed by atoms with van der Waals surface area (Å²) in [4.78, 5) is 215. The maximum atomic E-state index is 15.6. The summed E-state index contributed by atoms with van der Waals surface area (Å²) in [5, 5.41) is 33.3. The van der Waals surface area contributed by atoms with E-state index in [9.17, 15) is 66.2 Å². The number of hydrogen-bond donors (Lipinski definition) is 9. The molecule has 0 spiro atoms. The number of pyridine rings is 1. The standard InChI is InChI=1S/C85H130ClF3N16O16/c1-24-61-79(115)99(17)45-68(107)100(18)63(35-28-46(2)3)75(111)98-69(50(10)11)82(118)101(19)64(40-47(4)5)76(112)93-53(15)73(109)94-54(16)78(114)102(20)65(41-48(6)7)80(116)103(21)66(42-49(8)9)81(117)104(22)70(51(12)13)83(119)105(23)71(77(113)97-61)72(108)52(14)26-25-27-67(106)91-38-39-92-74(110)62-44-58(36-37-90-62)121-57-32-29-55(30-33-57)95-84(120)96-56-31-34-60(86)59(43-56)85(87,88)89/h29-34,36-37,43-44,46-54,61,63-66,69-72,108H,24-28,35,38-42,45H2,1-23H3,(H,91,106)(H,92,110)(H,93,112)(H,94,109)(H,97,113)(H,98,111)(H2,95,96,120)/t52-,53+,54-,61+,63+,64+,65+,66+,69+,70+,71+,72-/m1/s1. The zero-order chi connectivity index (χ0) is 91.7. The monoisotopic (exact) mass is 1720 g/mol. The van der Waals surface area contributed by atoms with Gasteiger partial charge in [-0.25, -0.2) is 4.79 Å². The van der Waals surface area contributed by atoms with Gasteiger partial charge < -0.3 is 86.7 Å². The minimum Gasteiger partial charge on any atom is -0.457 e. The minimum atomic E-state index is -4.74. The highest BCUT2D eigenvalue weighted by Crippen LogP contribution is 2.37. The first-order valence-corrected chi connectivity index (χ1v) is 41.7. The van der Waals surface area contributed by atoms with Crippen LogP contribution in [0.1, 0.15) is 185 Å². The van der Waals surface area contributed by atoms with Crippen molar-refractivity contribution in [1.82, 2.24) is 71.2 Å². The van der Waals surface area contributed by atoms with Crippen LogP contribution < -0.4 is 47.3 Å². The van der Waals surface area contributed by atoms with Crippen LogP contribution in [0, 0.1) is 41.4 Å². The molecule has 1 fully saturated rings. The number of nitrogens with zero attached hydrogens (tertiary/aromatic N) is 8. The summed E-state index contributed by atoms with van der Waals surface area (Å²) in [5.74, 6) is -11.5. The van der Waals surface area contributed by atoms with E-state index < -0.39 is 190 Å². The molecule has 32 nitrogen and oxygen atoms in total. The van der Waals surface area contributed by atoms with Gasteiger partial charge in [-0.1, -0.05) is 109 Å². The van der Waals surface area contributed by atoms with Crippen LogP contribution in [-0.4, -0.2) is 263 Å². The average molecular weight is 1720 g/mol. The van der Waals surface area contributed by atoms with Gasteiger partial charge in [0.2, 0.25) is 70.9 Å². The fourth-order valence-corrected chi connectivity index (χ4v) is 14.3. The number of aromatic nitrogens is 1. The number of aliphatic hydroxyl groups excluding tert-OH is 1. The first-order valence-electron chi connectivity index (χ1n) is 41.3. The molecule has 1 aliphatic heterocycles. The molecule has 0 unspecified atom stereocenters. The third-order valence-corrected chi connectivity index (χ3v) is 21.6. The molecule has 0 radical (unpaired) electrons. The van der Waals surface area contributed by atoms with Gasteiger partial charge in [0, 0.05) is 92.5 Å². The second-order valence-corrected chi connectivity index (χ2v) is 34.3. The molecule has 1 aromatic heterocycles. The molecule has 0 bridgehead atoms. The fraction of sp³-hybridized carbons (Fsp3) is 0.635. The number of amides is 15. The largest absolute Gasteiger partial charge is 0.457 e. The second-order valence-electron chi connectivity index (χ2n) is 33.9. The van der Waals surface area contributed by atoms with Crippen molar-refractivity contribution in [2.75, 3.05) is 79.6 Å². The predicted molar refractivity (Wildman–Crippen MR) is 453 cm³/mol. The Balaban J connectivity index is 1.67. The molecule has 36 heteroatoms. The van der Waals surface area contributed by atoms with E-state index in [-0.39, 0.29) is 117 Å². The van der Waals surface area contributed by atoms with Crippen LogP contribution in [0.4, 0.5) is 29.3 Å². The van der Waals surface area contributed by atoms with E-state index in [0.717, 1.165) is 15.9 Å². The lowest BCUT2D eigenvalue weighted by Crippen LogP contribution is -2.63. The van der Waals surface area contributed by atoms with Crippen molar-refractivity contribution in [3.05, 3.63) is 77.1 Å². The van der Waals surface area contributed by atoms with E-state index >= 15 is 19.2 Å². The number of carbonyl (C=O) groups excluding carboxylic acids is 14. The van der Waals surface area contributed by atoms with Gasteiger partial charge in [-0.15, -0.1) is 0 Å². The summed E-state index contributed by atoms with van der Waals surface area (Å²) >= 11 is 5.70. The van der Waals surface area contributed by atoms with Crippen LogP contribution in [-0.2, 0) is 63.7 Å². The number of hydrogen-bond acceptors (Lipinski definition) is 17. The summed E-state index contributed by atoms with van der Waals surface area (Å²) in [7, 11) is 9.60. The first-order chi connectivity index (χ1) is 56.3. The Hall–Kier alpha value is -10.2. The van der Waals surface area contributed by atoms with Crippen LogP contribution in [0.3, 0.4) is 0 Å². The van der Waals surface area contributed by atoms with Crippen molar-refractivity contribution >= 4 is 106 Å². The Morgan fingerprint density at radius 2 is 1.07 bits per heavy atom. The first kappa shape index (κ1) is 103. The van der Waals surface area contributed by atoms with Crippen molar-refractivity contribution in [2.24, 2.45) is 41.4 Å². The van der Waals surface area contributed by atoms with Crippen LogP contribution in [0.5, 0.6) is 11.5 Å². The predicted octanol–water partition coefficient (Wildman–Crippen LogP) is 7.91. The second kappa shape index (κ2) is 47.3. The number of carbonyl (C=O) groups is 14. The van der Waals surface area contributed by atoms with Crippen molar-refractivity contribution in [2.45, 2.75) is 241 Å². The lowest BCUT2D eigenvalue weighted by atomic mass is 9.90. The molecule has 15 amide bonds. The number of urea groups is 1. The summed E-state index contributed by atoms with van der Waals surface area (Å²) in [6, 6.07) is -2.40. The van der Waals surface area contributed by atoms with E-state index in [0.29, 0.717) is 12.5 Å². The number of rotatable bonds is 26. The van der Waals surface area contributed by atoms with Gasteiger partial charge in [-0.2, -0.15) is 13.2 Å². The summed E-state index contributed by atoms with van der Waals surface area (Å²) in [6.07, 6.45) is -4.32. The highest BCUT2D eigenvalue weighted by molar-refractivity contribution is 6.31. The van der Waals surface area contributed by atoms with Gasteiger partial charge in [0.05, 0.1) is 23.2 Å². The quantitative estimate of drug-likeness (QED) is 0.0345. The molecule has 1 saturated heterocycles. The van der Waals surface area contributed by atoms with Gasteiger partial charge in [0.25, 0.3) is 5.91 Å². The topological polar surface area (TPSA) is 400 Å². The third-order valence-electron chi connectivity index (χ3n) is 21.3. The molecule has 12 atom stereocenters. The highest BCUT2D eigenvalue weighted by atomic mass is 35.5. The molecule has 4 rings (SSSR count). The minimum absolute atomic E-state index is 0.0338. The average Bonchev–Trinajstić information content (AvgIpc) is 0.808. The smallest absolute Gasteiger partial charge is 0.417 e. The molecular weight excluding hydrogens is 1590 g/mol. The maximum absolute atomic E-state index is 15.6. The van der Waals surface area contributed by atoms with Gasteiger partial charge >= 0.3 is 12.2 Å². The molecule has 0 aliphatic carbocycles. The van der Waals surface area contributed by atoms with Crippen LogP contribution >= 0.6 is 11.6 Å². The Morgan fingerprint density at radius 3 is 1.62 bits per heavy atom. The van der Waals surface area contributed by atoms with Crippen molar-refractivity contribution < 1.29 is 90.1 Å². The van der Waals surface area contributed by atoms with Gasteiger partial charge in [-0.05, 0) is 155 Å². The summed E-state index contributed by atoms with van der Waals surface area (Å²) in [5.41, 5.74) is -1.05.